The summed E-state index contributed by atoms with van der Waals surface area (Å²) in [4.78, 5) is 42.3. The normalized spacial score (nSPS) is 12.2. The minimum atomic E-state index is -1.25. The number of nitriles is 1. The summed E-state index contributed by atoms with van der Waals surface area (Å²) in [5.74, 6) is 1.35. The Balaban J connectivity index is 2.09. The fourth-order valence-corrected chi connectivity index (χ4v) is 4.53. The minimum absolute atomic E-state index is 0.00154. The fraction of sp³-hybridized carbons (Fsp3) is 0.294. The van der Waals surface area contributed by atoms with Crippen LogP contribution in [0.3, 0.4) is 0 Å². The summed E-state index contributed by atoms with van der Waals surface area (Å²) in [7, 11) is 0. The fourth-order valence-electron chi connectivity index (χ4n) is 4.53. The van der Waals surface area contributed by atoms with Crippen molar-refractivity contribution in [3.8, 4) is 24.2 Å². The molecule has 43 heavy (non-hydrogen) atoms. The molecule has 3 N–H and O–H groups in total. The maximum atomic E-state index is 14.3. The van der Waals surface area contributed by atoms with Crippen molar-refractivity contribution < 1.29 is 24.2 Å². The summed E-state index contributed by atoms with van der Waals surface area (Å²) in [5, 5.41) is 25.1. The Kier molecular flexibility index (Phi) is 10.5. The van der Waals surface area contributed by atoms with Gasteiger partial charge in [0, 0.05) is 17.7 Å². The Morgan fingerprint density at radius 3 is 2.14 bits per heavy atom. The van der Waals surface area contributed by atoms with Crippen molar-refractivity contribution in [2.75, 3.05) is 11.9 Å². The number of carbonyl (C=O) groups is 3. The highest BCUT2D eigenvalue weighted by Gasteiger charge is 2.36. The van der Waals surface area contributed by atoms with Gasteiger partial charge in [0.15, 0.2) is 0 Å². The number of alkyl carbamates (subject to hydrolysis) is 1. The molecular weight excluding hydrogens is 544 g/mol. The topological polar surface area (TPSA) is 132 Å². The van der Waals surface area contributed by atoms with Gasteiger partial charge in [-0.05, 0) is 81.1 Å². The van der Waals surface area contributed by atoms with Crippen LogP contribution in [0.5, 0.6) is 5.75 Å². The number of anilines is 1. The van der Waals surface area contributed by atoms with E-state index in [0.29, 0.717) is 22.4 Å². The van der Waals surface area contributed by atoms with E-state index >= 15 is 0 Å². The van der Waals surface area contributed by atoms with E-state index in [0.717, 1.165) is 16.0 Å². The molecule has 9 heteroatoms. The number of rotatable bonds is 9. The van der Waals surface area contributed by atoms with Crippen LogP contribution in [0.4, 0.5) is 10.5 Å². The van der Waals surface area contributed by atoms with Gasteiger partial charge in [0.25, 0.3) is 5.91 Å². The average Bonchev–Trinajstić information content (AvgIpc) is 2.94. The first-order chi connectivity index (χ1) is 20.3. The van der Waals surface area contributed by atoms with Crippen LogP contribution in [-0.2, 0) is 20.7 Å². The van der Waals surface area contributed by atoms with Gasteiger partial charge in [-0.2, -0.15) is 5.26 Å². The van der Waals surface area contributed by atoms with E-state index in [2.05, 4.69) is 16.6 Å². The highest BCUT2D eigenvalue weighted by molar-refractivity contribution is 6.00. The third-order valence-electron chi connectivity index (χ3n) is 6.57. The van der Waals surface area contributed by atoms with Gasteiger partial charge in [-0.1, -0.05) is 48.4 Å². The molecule has 0 saturated carbocycles. The maximum absolute atomic E-state index is 14.3. The molecule has 0 heterocycles. The number of para-hydroxylation sites is 1. The average molecular weight is 581 g/mol. The van der Waals surface area contributed by atoms with Gasteiger partial charge >= 0.3 is 6.09 Å². The maximum Gasteiger partial charge on any atom is 0.408 e. The Morgan fingerprint density at radius 2 is 1.60 bits per heavy atom. The number of aromatic hydroxyl groups is 1. The lowest BCUT2D eigenvalue weighted by Crippen LogP contribution is -2.53. The van der Waals surface area contributed by atoms with Gasteiger partial charge in [0.05, 0.1) is 6.07 Å². The van der Waals surface area contributed by atoms with Gasteiger partial charge < -0.3 is 25.4 Å². The number of carbonyl (C=O) groups excluding carboxylic acids is 3. The molecule has 0 radical (unpaired) electrons. The van der Waals surface area contributed by atoms with Crippen LogP contribution in [0.1, 0.15) is 54.6 Å². The van der Waals surface area contributed by atoms with Crippen molar-refractivity contribution in [1.29, 1.82) is 5.26 Å². The van der Waals surface area contributed by atoms with Gasteiger partial charge in [0.1, 0.15) is 30.0 Å². The lowest BCUT2D eigenvalue weighted by atomic mass is 9.99. The number of phenolic OH excluding ortho intramolecular Hbond substituents is 1. The molecule has 3 aromatic rings. The largest absolute Gasteiger partial charge is 0.508 e. The van der Waals surface area contributed by atoms with Crippen LogP contribution in [0.25, 0.3) is 0 Å². The molecule has 0 aliphatic rings. The summed E-state index contributed by atoms with van der Waals surface area (Å²) in [6.45, 7) is 8.34. The van der Waals surface area contributed by atoms with Crippen LogP contribution in [0, 0.1) is 37.5 Å². The monoisotopic (exact) mass is 580 g/mol. The molecule has 3 aromatic carbocycles. The zero-order valence-corrected chi connectivity index (χ0v) is 25.0. The van der Waals surface area contributed by atoms with Crippen LogP contribution >= 0.6 is 0 Å². The second kappa shape index (κ2) is 14.1. The molecule has 0 aromatic heterocycles. The van der Waals surface area contributed by atoms with E-state index in [1.165, 1.54) is 12.1 Å². The Morgan fingerprint density at radius 1 is 1.00 bits per heavy atom. The van der Waals surface area contributed by atoms with Gasteiger partial charge in [-0.3, -0.25) is 9.59 Å². The molecular formula is C34H36N4O5. The Bertz CT molecular complexity index is 1520. The molecule has 9 nitrogen and oxygen atoms in total. The number of hydrogen-bond donors (Lipinski definition) is 3. The molecule has 0 fully saturated rings. The quantitative estimate of drug-likeness (QED) is 0.237. The molecule has 222 valence electrons. The van der Waals surface area contributed by atoms with E-state index in [4.69, 9.17) is 11.2 Å². The van der Waals surface area contributed by atoms with Crippen LogP contribution in [0.2, 0.25) is 0 Å². The Labute approximate surface area is 252 Å². The van der Waals surface area contributed by atoms with Crippen molar-refractivity contribution in [3.05, 3.63) is 94.5 Å². The number of nitrogens with zero attached hydrogens (tertiary/aromatic N) is 2. The molecule has 3 amide bonds. The van der Waals surface area contributed by atoms with Crippen molar-refractivity contribution in [1.82, 2.24) is 10.2 Å². The molecule has 2 unspecified atom stereocenters. The smallest absolute Gasteiger partial charge is 0.408 e. The summed E-state index contributed by atoms with van der Waals surface area (Å²) < 4.78 is 5.41. The van der Waals surface area contributed by atoms with E-state index in [9.17, 15) is 24.8 Å². The van der Waals surface area contributed by atoms with Crippen molar-refractivity contribution in [2.24, 2.45) is 0 Å². The number of aryl methyl sites for hydroxylation is 2. The number of phenols is 1. The number of nitrogens with one attached hydrogen (secondary N) is 2. The highest BCUT2D eigenvalue weighted by atomic mass is 16.6. The lowest BCUT2D eigenvalue weighted by Gasteiger charge is -2.33. The molecule has 0 bridgehead atoms. The van der Waals surface area contributed by atoms with Crippen molar-refractivity contribution >= 4 is 23.6 Å². The van der Waals surface area contributed by atoms with E-state index in [1.807, 2.05) is 38.1 Å². The third-order valence-corrected chi connectivity index (χ3v) is 6.57. The predicted octanol–water partition coefficient (Wildman–Crippen LogP) is 5.16. The molecule has 0 aliphatic heterocycles. The third kappa shape index (κ3) is 8.85. The summed E-state index contributed by atoms with van der Waals surface area (Å²) in [5.41, 5.74) is 3.03. The first kappa shape index (κ1) is 32.2. The van der Waals surface area contributed by atoms with E-state index in [-0.39, 0.29) is 12.2 Å². The van der Waals surface area contributed by atoms with Crippen molar-refractivity contribution in [3.63, 3.8) is 0 Å². The SMILES string of the molecule is C#Cc1ccc(C(C(=O)Nc2c(C)cccc2C)N(CC#N)C(=O)C(Cc2ccc(O)cc2)NC(=O)OC(C)(C)C)cc1. The molecule has 0 spiro atoms. The second-order valence-electron chi connectivity index (χ2n) is 11.1. The van der Waals surface area contributed by atoms with Gasteiger partial charge in [-0.15, -0.1) is 6.42 Å². The lowest BCUT2D eigenvalue weighted by molar-refractivity contribution is -0.140. The van der Waals surface area contributed by atoms with Gasteiger partial charge in [-0.25, -0.2) is 4.79 Å². The van der Waals surface area contributed by atoms with Crippen LogP contribution < -0.4 is 10.6 Å². The first-order valence-electron chi connectivity index (χ1n) is 13.7. The summed E-state index contributed by atoms with van der Waals surface area (Å²) >= 11 is 0. The highest BCUT2D eigenvalue weighted by Crippen LogP contribution is 2.27. The Hall–Kier alpha value is -5.28. The number of amides is 3. The van der Waals surface area contributed by atoms with E-state index < -0.39 is 42.1 Å². The number of terminal acetylenes is 1. The van der Waals surface area contributed by atoms with Crippen LogP contribution in [0.15, 0.2) is 66.7 Å². The number of hydrogen-bond acceptors (Lipinski definition) is 6. The zero-order valence-electron chi connectivity index (χ0n) is 25.0. The summed E-state index contributed by atoms with van der Waals surface area (Å²) in [6.07, 6.45) is 4.70. The van der Waals surface area contributed by atoms with E-state index in [1.54, 1.807) is 57.2 Å². The molecule has 0 aliphatic carbocycles. The summed E-state index contributed by atoms with van der Waals surface area (Å²) in [6, 6.07) is 17.9. The van der Waals surface area contributed by atoms with Crippen molar-refractivity contribution in [2.45, 2.75) is 58.7 Å². The second-order valence-corrected chi connectivity index (χ2v) is 11.1. The molecule has 0 saturated heterocycles. The minimum Gasteiger partial charge on any atom is -0.508 e. The zero-order chi connectivity index (χ0) is 31.7. The number of benzene rings is 3. The standard InChI is InChI=1S/C34H36N4O5/c1-7-24-11-15-26(16-12-24)30(31(40)37-29-22(2)9-8-10-23(29)3)38(20-19-35)32(41)28(36-33(42)43-34(4,5)6)21-25-13-17-27(39)18-14-25/h1,8-18,28,30,39H,20-21H2,2-6H3,(H,36,42)(H,37,40). The molecule has 3 rings (SSSR count). The van der Waals surface area contributed by atoms with Gasteiger partial charge in [0.2, 0.25) is 5.91 Å². The predicted molar refractivity (Wildman–Crippen MR) is 164 cm³/mol. The first-order valence-corrected chi connectivity index (χ1v) is 13.7. The molecule has 2 atom stereocenters. The number of ether oxygens (including phenoxy) is 1. The van der Waals surface area contributed by atoms with Crippen LogP contribution in [-0.4, -0.2) is 46.1 Å².